The number of furan rings is 1. The maximum absolute atomic E-state index is 11.8. The molecule has 1 aliphatic heterocycles. The van der Waals surface area contributed by atoms with E-state index in [0.717, 1.165) is 16.9 Å². The van der Waals surface area contributed by atoms with Crippen molar-refractivity contribution in [1.29, 1.82) is 0 Å². The average Bonchev–Trinajstić information content (AvgIpc) is 3.49. The fraction of sp³-hybridized carbons (Fsp3) is 0.148. The number of nitrogens with zero attached hydrogens (tertiary/aromatic N) is 2. The largest absolute Gasteiger partial charge is 0.495 e. The fourth-order valence-corrected chi connectivity index (χ4v) is 4.81. The number of pyridine rings is 1. The summed E-state index contributed by atoms with van der Waals surface area (Å²) >= 11 is 11.9. The molecule has 3 heterocycles. The van der Waals surface area contributed by atoms with E-state index in [-0.39, 0.29) is 18.0 Å². The van der Waals surface area contributed by atoms with Crippen LogP contribution in [0.3, 0.4) is 0 Å². The Morgan fingerprint density at radius 3 is 2.64 bits per heavy atom. The fourth-order valence-electron chi connectivity index (χ4n) is 4.34. The molecule has 2 atom stereocenters. The zero-order valence-corrected chi connectivity index (χ0v) is 21.1. The molecule has 9 heteroatoms. The third-order valence-corrected chi connectivity index (χ3v) is 6.48. The molecule has 1 fully saturated rings. The maximum atomic E-state index is 11.8. The number of hydrogen-bond donors (Lipinski definition) is 2. The summed E-state index contributed by atoms with van der Waals surface area (Å²) in [6.45, 7) is 1.45. The van der Waals surface area contributed by atoms with E-state index in [1.165, 1.54) is 6.92 Å². The summed E-state index contributed by atoms with van der Waals surface area (Å²) in [5.74, 6) is 1.77. The van der Waals surface area contributed by atoms with Crippen LogP contribution < -0.4 is 20.3 Å². The number of benzene rings is 2. The van der Waals surface area contributed by atoms with Gasteiger partial charge in [-0.3, -0.25) is 9.78 Å². The van der Waals surface area contributed by atoms with Gasteiger partial charge >= 0.3 is 0 Å². The highest BCUT2D eigenvalue weighted by Crippen LogP contribution is 2.44. The Kier molecular flexibility index (Phi) is 6.63. The van der Waals surface area contributed by atoms with E-state index >= 15 is 0 Å². The minimum Gasteiger partial charge on any atom is -0.495 e. The van der Waals surface area contributed by atoms with Gasteiger partial charge in [-0.05, 0) is 78.9 Å². The molecule has 4 aromatic rings. The van der Waals surface area contributed by atoms with Crippen LogP contribution in [0.1, 0.15) is 30.5 Å². The lowest BCUT2D eigenvalue weighted by Gasteiger charge is -2.27. The first kappa shape index (κ1) is 23.8. The minimum atomic E-state index is -0.341. The van der Waals surface area contributed by atoms with Crippen molar-refractivity contribution >= 4 is 46.2 Å². The molecule has 0 aliphatic carbocycles. The summed E-state index contributed by atoms with van der Waals surface area (Å²) in [7, 11) is 1.56. The number of amides is 1. The quantitative estimate of drug-likeness (QED) is 0.297. The smallest absolute Gasteiger partial charge is 0.221 e. The van der Waals surface area contributed by atoms with E-state index in [4.69, 9.17) is 33.0 Å². The molecule has 1 aliphatic rings. The number of methoxy groups -OCH3 is 1. The van der Waals surface area contributed by atoms with Crippen molar-refractivity contribution in [2.45, 2.75) is 19.0 Å². The van der Waals surface area contributed by atoms with Gasteiger partial charge in [0.2, 0.25) is 5.91 Å². The molecule has 0 radical (unpaired) electrons. The van der Waals surface area contributed by atoms with Crippen LogP contribution >= 0.6 is 23.8 Å². The molecule has 0 saturated carbocycles. The van der Waals surface area contributed by atoms with Gasteiger partial charge in [0.15, 0.2) is 5.11 Å². The Morgan fingerprint density at radius 2 is 1.94 bits per heavy atom. The predicted molar refractivity (Wildman–Crippen MR) is 144 cm³/mol. The van der Waals surface area contributed by atoms with Crippen molar-refractivity contribution in [3.8, 4) is 17.1 Å². The molecule has 2 aromatic heterocycles. The number of nitrogens with one attached hydrogen (secondary N) is 2. The van der Waals surface area contributed by atoms with Crippen LogP contribution in [0.2, 0.25) is 5.02 Å². The van der Waals surface area contributed by atoms with Gasteiger partial charge in [0, 0.05) is 29.4 Å². The van der Waals surface area contributed by atoms with Gasteiger partial charge in [0.05, 0.1) is 24.5 Å². The van der Waals surface area contributed by atoms with Crippen LogP contribution in [0, 0.1) is 0 Å². The number of aromatic nitrogens is 1. The highest BCUT2D eigenvalue weighted by Gasteiger charge is 2.42. The number of carbonyl (C=O) groups is 1. The van der Waals surface area contributed by atoms with Gasteiger partial charge in [-0.15, -0.1) is 0 Å². The van der Waals surface area contributed by atoms with Gasteiger partial charge < -0.3 is 24.7 Å². The molecule has 2 aromatic carbocycles. The van der Waals surface area contributed by atoms with Crippen LogP contribution in [0.15, 0.2) is 83.4 Å². The maximum Gasteiger partial charge on any atom is 0.221 e. The van der Waals surface area contributed by atoms with Gasteiger partial charge in [-0.2, -0.15) is 0 Å². The number of carbonyl (C=O) groups excluding carboxylic acids is 1. The Morgan fingerprint density at radius 1 is 1.14 bits per heavy atom. The molecule has 1 saturated heterocycles. The summed E-state index contributed by atoms with van der Waals surface area (Å²) in [6.07, 6.45) is 1.75. The topological polar surface area (TPSA) is 79.6 Å². The number of hydrogen-bond acceptors (Lipinski definition) is 5. The molecule has 0 spiro atoms. The monoisotopic (exact) mass is 518 g/mol. The molecule has 36 heavy (non-hydrogen) atoms. The van der Waals surface area contributed by atoms with Crippen LogP contribution in [0.4, 0.5) is 11.4 Å². The zero-order chi connectivity index (χ0) is 25.2. The van der Waals surface area contributed by atoms with E-state index < -0.39 is 0 Å². The van der Waals surface area contributed by atoms with Crippen molar-refractivity contribution in [2.75, 3.05) is 17.3 Å². The molecule has 0 unspecified atom stereocenters. The molecule has 182 valence electrons. The van der Waals surface area contributed by atoms with E-state index in [9.17, 15) is 4.79 Å². The number of halogens is 1. The van der Waals surface area contributed by atoms with E-state index in [0.29, 0.717) is 33.1 Å². The van der Waals surface area contributed by atoms with E-state index in [1.807, 2.05) is 71.6 Å². The Bertz CT molecular complexity index is 1410. The summed E-state index contributed by atoms with van der Waals surface area (Å²) in [5, 5.41) is 7.41. The van der Waals surface area contributed by atoms with Crippen LogP contribution in [-0.4, -0.2) is 23.1 Å². The van der Waals surface area contributed by atoms with E-state index in [1.54, 1.807) is 19.4 Å². The molecular weight excluding hydrogens is 496 g/mol. The number of anilines is 2. The molecule has 2 N–H and O–H groups in total. The van der Waals surface area contributed by atoms with Gasteiger partial charge in [0.25, 0.3) is 0 Å². The minimum absolute atomic E-state index is 0.200. The first-order chi connectivity index (χ1) is 17.4. The zero-order valence-electron chi connectivity index (χ0n) is 19.6. The summed E-state index contributed by atoms with van der Waals surface area (Å²) in [5.41, 5.74) is 3.06. The standard InChI is InChI=1S/C27H23ClN4O3S/c1-16(33)30-21-15-19(10-11-23(21)34-2)32-26(25(31-27(32)36)20-5-3-4-14-29-20)24-13-12-22(35-24)17-6-8-18(28)9-7-17/h3-15,25-26H,1-2H3,(H,30,33)(H,31,36)/t25-,26-/m1/s1. The summed E-state index contributed by atoms with van der Waals surface area (Å²) in [6, 6.07) is 22.1. The second-order valence-corrected chi connectivity index (χ2v) is 9.09. The summed E-state index contributed by atoms with van der Waals surface area (Å²) in [4.78, 5) is 18.4. The number of thiocarbonyl (C=S) groups is 1. The lowest BCUT2D eigenvalue weighted by atomic mass is 10.0. The third-order valence-electron chi connectivity index (χ3n) is 5.92. The SMILES string of the molecule is COc1ccc(N2C(=S)N[C@H](c3ccccn3)[C@H]2c2ccc(-c3ccc(Cl)cc3)o2)cc1NC(C)=O. The molecule has 1 amide bonds. The molecule has 7 nitrogen and oxygen atoms in total. The van der Waals surface area contributed by atoms with Crippen molar-refractivity contribution in [2.24, 2.45) is 0 Å². The molecular formula is C27H23ClN4O3S. The second-order valence-electron chi connectivity index (χ2n) is 8.27. The van der Waals surface area contributed by atoms with Gasteiger partial charge in [-0.1, -0.05) is 17.7 Å². The molecule has 0 bridgehead atoms. The first-order valence-corrected chi connectivity index (χ1v) is 12.0. The Labute approximate surface area is 219 Å². The normalized spacial score (nSPS) is 17.1. The average molecular weight is 519 g/mol. The lowest BCUT2D eigenvalue weighted by molar-refractivity contribution is -0.114. The van der Waals surface area contributed by atoms with Crippen LogP contribution in [0.25, 0.3) is 11.3 Å². The highest BCUT2D eigenvalue weighted by molar-refractivity contribution is 7.80. The Balaban J connectivity index is 1.60. The van der Waals surface area contributed by atoms with Gasteiger partial charge in [-0.25, -0.2) is 0 Å². The van der Waals surface area contributed by atoms with Crippen molar-refractivity contribution < 1.29 is 13.9 Å². The second kappa shape index (κ2) is 10.0. The molecule has 5 rings (SSSR count). The number of ether oxygens (including phenoxy) is 1. The lowest BCUT2D eigenvalue weighted by Crippen LogP contribution is -2.29. The van der Waals surface area contributed by atoms with Crippen LogP contribution in [-0.2, 0) is 4.79 Å². The van der Waals surface area contributed by atoms with Crippen molar-refractivity contribution in [3.63, 3.8) is 0 Å². The third kappa shape index (κ3) is 4.65. The predicted octanol–water partition coefficient (Wildman–Crippen LogP) is 6.14. The summed E-state index contributed by atoms with van der Waals surface area (Å²) < 4.78 is 11.8. The van der Waals surface area contributed by atoms with Crippen LogP contribution in [0.5, 0.6) is 5.75 Å². The van der Waals surface area contributed by atoms with Gasteiger partial charge in [0.1, 0.15) is 23.3 Å². The first-order valence-electron chi connectivity index (χ1n) is 11.3. The highest BCUT2D eigenvalue weighted by atomic mass is 35.5. The Hall–Kier alpha value is -3.88. The van der Waals surface area contributed by atoms with Crippen molar-refractivity contribution in [3.05, 3.63) is 95.5 Å². The van der Waals surface area contributed by atoms with E-state index in [2.05, 4.69) is 15.6 Å². The number of rotatable bonds is 6. The van der Waals surface area contributed by atoms with Crippen molar-refractivity contribution in [1.82, 2.24) is 10.3 Å².